The largest absolute Gasteiger partial charge is 0.310 e. The van der Waals surface area contributed by atoms with Gasteiger partial charge in [-0.15, -0.1) is 0 Å². The van der Waals surface area contributed by atoms with Gasteiger partial charge in [-0.2, -0.15) is 5.10 Å². The number of hydrogen-bond donors (Lipinski definition) is 1. The monoisotopic (exact) mass is 273 g/mol. The fraction of sp³-hybridized carbons (Fsp3) is 0.600. The maximum absolute atomic E-state index is 4.53. The second-order valence-electron chi connectivity index (χ2n) is 5.88. The lowest BCUT2D eigenvalue weighted by Gasteiger charge is -2.29. The van der Waals surface area contributed by atoms with Crippen molar-refractivity contribution in [1.29, 1.82) is 0 Å². The molecule has 0 atom stereocenters. The molecule has 2 aromatic rings. The Balaban J connectivity index is 1.67. The zero-order chi connectivity index (χ0) is 14.1. The number of fused-ring (bicyclic) bond motifs is 1. The van der Waals surface area contributed by atoms with Crippen LogP contribution in [0.15, 0.2) is 12.3 Å². The van der Waals surface area contributed by atoms with Gasteiger partial charge >= 0.3 is 0 Å². The zero-order valence-electron chi connectivity index (χ0n) is 12.6. The standard InChI is InChI=1S/C15H23N5/c1-11-14-8-12(10-17-15(14)20(3)18-11)9-16-13-4-6-19(2)7-5-13/h8,10,13,16H,4-7,9H2,1-3H3. The zero-order valence-corrected chi connectivity index (χ0v) is 12.6. The van der Waals surface area contributed by atoms with E-state index in [4.69, 9.17) is 0 Å². The van der Waals surface area contributed by atoms with Gasteiger partial charge in [0.1, 0.15) is 0 Å². The number of pyridine rings is 1. The van der Waals surface area contributed by atoms with E-state index < -0.39 is 0 Å². The van der Waals surface area contributed by atoms with E-state index in [1.54, 1.807) is 0 Å². The Morgan fingerprint density at radius 2 is 2.05 bits per heavy atom. The van der Waals surface area contributed by atoms with Crippen molar-refractivity contribution in [1.82, 2.24) is 25.0 Å². The van der Waals surface area contributed by atoms with Gasteiger partial charge in [0.2, 0.25) is 0 Å². The number of aromatic nitrogens is 3. The summed E-state index contributed by atoms with van der Waals surface area (Å²) in [6.07, 6.45) is 4.43. The fourth-order valence-electron chi connectivity index (χ4n) is 2.92. The number of piperidine rings is 1. The number of hydrogen-bond acceptors (Lipinski definition) is 4. The van der Waals surface area contributed by atoms with Crippen LogP contribution in [0.3, 0.4) is 0 Å². The number of likely N-dealkylation sites (tertiary alicyclic amines) is 1. The predicted octanol–water partition coefficient (Wildman–Crippen LogP) is 1.46. The second kappa shape index (κ2) is 5.50. The molecule has 1 N–H and O–H groups in total. The Labute approximate surface area is 120 Å². The van der Waals surface area contributed by atoms with Gasteiger partial charge in [-0.25, -0.2) is 4.98 Å². The summed E-state index contributed by atoms with van der Waals surface area (Å²) in [7, 11) is 4.14. The summed E-state index contributed by atoms with van der Waals surface area (Å²) >= 11 is 0. The first kappa shape index (κ1) is 13.5. The Hall–Kier alpha value is -1.46. The smallest absolute Gasteiger partial charge is 0.157 e. The van der Waals surface area contributed by atoms with Crippen LogP contribution in [0.4, 0.5) is 0 Å². The van der Waals surface area contributed by atoms with E-state index in [1.165, 1.54) is 31.5 Å². The van der Waals surface area contributed by atoms with Gasteiger partial charge in [-0.1, -0.05) is 0 Å². The summed E-state index contributed by atoms with van der Waals surface area (Å²) in [4.78, 5) is 6.92. The molecule has 3 heterocycles. The van der Waals surface area contributed by atoms with Crippen LogP contribution in [0.5, 0.6) is 0 Å². The van der Waals surface area contributed by atoms with Crippen molar-refractivity contribution in [3.8, 4) is 0 Å². The number of nitrogens with zero attached hydrogens (tertiary/aromatic N) is 4. The SMILES string of the molecule is Cc1nn(C)c2ncc(CNC3CCN(C)CC3)cc12. The normalized spacial score (nSPS) is 17.9. The predicted molar refractivity (Wildman–Crippen MR) is 80.6 cm³/mol. The van der Waals surface area contributed by atoms with Crippen LogP contribution in [0, 0.1) is 6.92 Å². The van der Waals surface area contributed by atoms with Crippen molar-refractivity contribution in [3.63, 3.8) is 0 Å². The van der Waals surface area contributed by atoms with E-state index in [0.717, 1.165) is 23.3 Å². The molecule has 2 aromatic heterocycles. The lowest BCUT2D eigenvalue weighted by Crippen LogP contribution is -2.40. The molecule has 1 aliphatic rings. The molecule has 3 rings (SSSR count). The van der Waals surface area contributed by atoms with E-state index in [1.807, 2.05) is 24.9 Å². The van der Waals surface area contributed by atoms with Crippen LogP contribution in [-0.4, -0.2) is 45.8 Å². The second-order valence-corrected chi connectivity index (χ2v) is 5.88. The van der Waals surface area contributed by atoms with E-state index in [0.29, 0.717) is 6.04 Å². The highest BCUT2D eigenvalue weighted by Crippen LogP contribution is 2.17. The van der Waals surface area contributed by atoms with Gasteiger partial charge in [0.05, 0.1) is 5.69 Å². The minimum Gasteiger partial charge on any atom is -0.310 e. The summed E-state index contributed by atoms with van der Waals surface area (Å²) < 4.78 is 1.85. The Morgan fingerprint density at radius 3 is 2.80 bits per heavy atom. The average Bonchev–Trinajstić information content (AvgIpc) is 2.73. The molecular formula is C15H23N5. The van der Waals surface area contributed by atoms with Crippen molar-refractivity contribution in [2.24, 2.45) is 7.05 Å². The number of aryl methyl sites for hydroxylation is 2. The van der Waals surface area contributed by atoms with E-state index in [2.05, 4.69) is 33.4 Å². The van der Waals surface area contributed by atoms with Crippen LogP contribution >= 0.6 is 0 Å². The van der Waals surface area contributed by atoms with Crippen LogP contribution in [0.25, 0.3) is 11.0 Å². The van der Waals surface area contributed by atoms with Gasteiger partial charge < -0.3 is 10.2 Å². The summed E-state index contributed by atoms with van der Waals surface area (Å²) in [6.45, 7) is 5.32. The maximum atomic E-state index is 4.53. The molecule has 1 fully saturated rings. The third-order valence-electron chi connectivity index (χ3n) is 4.23. The van der Waals surface area contributed by atoms with Gasteiger partial charge in [-0.05, 0) is 51.5 Å². The Bertz CT molecular complexity index is 596. The van der Waals surface area contributed by atoms with Crippen molar-refractivity contribution < 1.29 is 0 Å². The molecule has 5 nitrogen and oxygen atoms in total. The molecule has 0 unspecified atom stereocenters. The molecule has 1 aliphatic heterocycles. The van der Waals surface area contributed by atoms with E-state index in [9.17, 15) is 0 Å². The summed E-state index contributed by atoms with van der Waals surface area (Å²) in [5, 5.41) is 9.24. The summed E-state index contributed by atoms with van der Waals surface area (Å²) in [5.74, 6) is 0. The molecule has 0 aliphatic carbocycles. The summed E-state index contributed by atoms with van der Waals surface area (Å²) in [5.41, 5.74) is 3.26. The highest BCUT2D eigenvalue weighted by atomic mass is 15.3. The first-order chi connectivity index (χ1) is 9.63. The van der Waals surface area contributed by atoms with Crippen LogP contribution in [0.1, 0.15) is 24.1 Å². The minimum absolute atomic E-state index is 0.636. The Kier molecular flexibility index (Phi) is 3.72. The number of nitrogens with one attached hydrogen (secondary N) is 1. The Morgan fingerprint density at radius 1 is 1.30 bits per heavy atom. The van der Waals surface area contributed by atoms with Gasteiger partial charge in [0.25, 0.3) is 0 Å². The van der Waals surface area contributed by atoms with Crippen LogP contribution in [-0.2, 0) is 13.6 Å². The van der Waals surface area contributed by atoms with Gasteiger partial charge in [0, 0.05) is 31.2 Å². The van der Waals surface area contributed by atoms with Crippen molar-refractivity contribution in [3.05, 3.63) is 23.5 Å². The van der Waals surface area contributed by atoms with Crippen molar-refractivity contribution in [2.75, 3.05) is 20.1 Å². The van der Waals surface area contributed by atoms with Crippen molar-refractivity contribution in [2.45, 2.75) is 32.4 Å². The maximum Gasteiger partial charge on any atom is 0.157 e. The molecule has 0 saturated carbocycles. The molecule has 5 heteroatoms. The third kappa shape index (κ3) is 2.69. The topological polar surface area (TPSA) is 46.0 Å². The van der Waals surface area contributed by atoms with E-state index in [-0.39, 0.29) is 0 Å². The molecule has 1 saturated heterocycles. The van der Waals surface area contributed by atoms with Gasteiger partial charge in [-0.3, -0.25) is 4.68 Å². The molecule has 0 radical (unpaired) electrons. The minimum atomic E-state index is 0.636. The van der Waals surface area contributed by atoms with Crippen LogP contribution in [0.2, 0.25) is 0 Å². The fourth-order valence-corrected chi connectivity index (χ4v) is 2.92. The third-order valence-corrected chi connectivity index (χ3v) is 4.23. The molecule has 20 heavy (non-hydrogen) atoms. The molecule has 0 spiro atoms. The highest BCUT2D eigenvalue weighted by molar-refractivity contribution is 5.78. The molecular weight excluding hydrogens is 250 g/mol. The highest BCUT2D eigenvalue weighted by Gasteiger charge is 2.16. The van der Waals surface area contributed by atoms with E-state index >= 15 is 0 Å². The molecule has 0 amide bonds. The average molecular weight is 273 g/mol. The van der Waals surface area contributed by atoms with Crippen molar-refractivity contribution >= 4 is 11.0 Å². The molecule has 108 valence electrons. The molecule has 0 bridgehead atoms. The first-order valence-electron chi connectivity index (χ1n) is 7.33. The number of rotatable bonds is 3. The summed E-state index contributed by atoms with van der Waals surface area (Å²) in [6, 6.07) is 2.85. The first-order valence-corrected chi connectivity index (χ1v) is 7.33. The lowest BCUT2D eigenvalue weighted by atomic mass is 10.1. The molecule has 0 aromatic carbocycles. The van der Waals surface area contributed by atoms with Crippen LogP contribution < -0.4 is 5.32 Å². The van der Waals surface area contributed by atoms with Gasteiger partial charge in [0.15, 0.2) is 5.65 Å². The quantitative estimate of drug-likeness (QED) is 0.919. The lowest BCUT2D eigenvalue weighted by molar-refractivity contribution is 0.234.